The molecule has 2 aliphatic rings. The molecule has 0 aromatic carbocycles. The Labute approximate surface area is 125 Å². The fraction of sp³-hybridized carbons (Fsp3) is 0.667. The molecule has 2 unspecified atom stereocenters. The van der Waals surface area contributed by atoms with Crippen molar-refractivity contribution in [1.82, 2.24) is 20.8 Å². The van der Waals surface area contributed by atoms with E-state index in [1.807, 2.05) is 6.07 Å². The molecule has 2 bridgehead atoms. The topological polar surface area (TPSA) is 70.2 Å². The van der Waals surface area contributed by atoms with Crippen molar-refractivity contribution in [3.05, 3.63) is 17.8 Å². The van der Waals surface area contributed by atoms with E-state index in [-0.39, 0.29) is 5.91 Å². The summed E-state index contributed by atoms with van der Waals surface area (Å²) >= 11 is 0. The Kier molecular flexibility index (Phi) is 4.05. The maximum absolute atomic E-state index is 11.5. The lowest BCUT2D eigenvalue weighted by Crippen LogP contribution is -2.48. The standard InChI is InChI=1S/C15H23N5O/c1-3-20(12-8-10-4-5-11(9-12)17-10)14-7-6-13(18-19-14)15(21)16-2/h6-7,10-12,17H,3-5,8-9H2,1-2H3,(H,16,21). The molecule has 114 valence electrons. The quantitative estimate of drug-likeness (QED) is 0.863. The van der Waals surface area contributed by atoms with E-state index in [4.69, 9.17) is 0 Å². The first-order valence-corrected chi connectivity index (χ1v) is 7.79. The monoisotopic (exact) mass is 289 g/mol. The Morgan fingerprint density at radius 2 is 2.05 bits per heavy atom. The fourth-order valence-electron chi connectivity index (χ4n) is 3.62. The number of nitrogens with one attached hydrogen (secondary N) is 2. The van der Waals surface area contributed by atoms with Crippen LogP contribution < -0.4 is 15.5 Å². The van der Waals surface area contributed by atoms with Crippen LogP contribution in [0.4, 0.5) is 5.82 Å². The SMILES string of the molecule is CCN(c1ccc(C(=O)NC)nn1)C1CC2CCC(C1)N2. The zero-order chi connectivity index (χ0) is 14.8. The van der Waals surface area contributed by atoms with Crippen LogP contribution in [0.25, 0.3) is 0 Å². The number of hydrogen-bond donors (Lipinski definition) is 2. The zero-order valence-corrected chi connectivity index (χ0v) is 12.7. The van der Waals surface area contributed by atoms with Gasteiger partial charge in [-0.15, -0.1) is 10.2 Å². The van der Waals surface area contributed by atoms with Gasteiger partial charge in [-0.2, -0.15) is 0 Å². The van der Waals surface area contributed by atoms with E-state index in [1.165, 1.54) is 25.7 Å². The van der Waals surface area contributed by atoms with Gasteiger partial charge in [0.2, 0.25) is 0 Å². The van der Waals surface area contributed by atoms with Gasteiger partial charge in [0.05, 0.1) is 0 Å². The second kappa shape index (κ2) is 5.97. The molecule has 0 spiro atoms. The number of rotatable bonds is 4. The van der Waals surface area contributed by atoms with Crippen molar-refractivity contribution >= 4 is 11.7 Å². The Bertz CT molecular complexity index is 491. The molecule has 6 nitrogen and oxygen atoms in total. The second-order valence-electron chi connectivity index (χ2n) is 5.91. The molecule has 0 radical (unpaired) electrons. The molecule has 2 aliphatic heterocycles. The summed E-state index contributed by atoms with van der Waals surface area (Å²) in [5.41, 5.74) is 0.364. The molecular formula is C15H23N5O. The van der Waals surface area contributed by atoms with E-state index in [2.05, 4.69) is 32.7 Å². The summed E-state index contributed by atoms with van der Waals surface area (Å²) in [6, 6.07) is 5.49. The molecule has 1 amide bonds. The lowest BCUT2D eigenvalue weighted by atomic mass is 9.98. The third kappa shape index (κ3) is 2.85. The zero-order valence-electron chi connectivity index (χ0n) is 12.7. The molecular weight excluding hydrogens is 266 g/mol. The number of carbonyl (C=O) groups is 1. The van der Waals surface area contributed by atoms with Gasteiger partial charge in [-0.3, -0.25) is 4.79 Å². The normalized spacial score (nSPS) is 27.4. The van der Waals surface area contributed by atoms with Crippen LogP contribution in [0.5, 0.6) is 0 Å². The minimum atomic E-state index is -0.197. The number of carbonyl (C=O) groups excluding carboxylic acids is 1. The smallest absolute Gasteiger partial charge is 0.271 e. The molecule has 2 atom stereocenters. The third-order valence-electron chi connectivity index (χ3n) is 4.63. The highest BCUT2D eigenvalue weighted by Gasteiger charge is 2.36. The largest absolute Gasteiger partial charge is 0.354 e. The maximum Gasteiger partial charge on any atom is 0.271 e. The first-order valence-electron chi connectivity index (χ1n) is 7.79. The Hall–Kier alpha value is -1.69. The van der Waals surface area contributed by atoms with Crippen LogP contribution in [-0.4, -0.2) is 47.8 Å². The van der Waals surface area contributed by atoms with Crippen LogP contribution in [0, 0.1) is 0 Å². The predicted molar refractivity (Wildman–Crippen MR) is 81.4 cm³/mol. The van der Waals surface area contributed by atoms with Crippen LogP contribution in [0.3, 0.4) is 0 Å². The van der Waals surface area contributed by atoms with Gasteiger partial charge in [0.15, 0.2) is 11.5 Å². The fourth-order valence-corrected chi connectivity index (χ4v) is 3.62. The van der Waals surface area contributed by atoms with E-state index in [9.17, 15) is 4.79 Å². The summed E-state index contributed by atoms with van der Waals surface area (Å²) in [5, 5.41) is 14.5. The first kappa shape index (κ1) is 14.3. The summed E-state index contributed by atoms with van der Waals surface area (Å²) in [6.45, 7) is 3.07. The highest BCUT2D eigenvalue weighted by atomic mass is 16.1. The van der Waals surface area contributed by atoms with Gasteiger partial charge in [-0.05, 0) is 44.7 Å². The maximum atomic E-state index is 11.5. The summed E-state index contributed by atoms with van der Waals surface area (Å²) in [4.78, 5) is 13.9. The van der Waals surface area contributed by atoms with Gasteiger partial charge in [0.1, 0.15) is 0 Å². The Balaban J connectivity index is 1.75. The van der Waals surface area contributed by atoms with Crippen molar-refractivity contribution in [1.29, 1.82) is 0 Å². The predicted octanol–water partition coefficient (Wildman–Crippen LogP) is 0.945. The molecule has 1 aromatic heterocycles. The minimum absolute atomic E-state index is 0.197. The van der Waals surface area contributed by atoms with Crippen molar-refractivity contribution < 1.29 is 4.79 Å². The van der Waals surface area contributed by atoms with E-state index < -0.39 is 0 Å². The van der Waals surface area contributed by atoms with Gasteiger partial charge in [-0.1, -0.05) is 0 Å². The molecule has 3 rings (SSSR count). The average molecular weight is 289 g/mol. The van der Waals surface area contributed by atoms with Crippen molar-refractivity contribution in [2.45, 2.75) is 50.7 Å². The molecule has 2 saturated heterocycles. The van der Waals surface area contributed by atoms with Crippen LogP contribution >= 0.6 is 0 Å². The van der Waals surface area contributed by atoms with Crippen molar-refractivity contribution in [3.63, 3.8) is 0 Å². The highest BCUT2D eigenvalue weighted by molar-refractivity contribution is 5.91. The molecule has 6 heteroatoms. The van der Waals surface area contributed by atoms with Gasteiger partial charge in [-0.25, -0.2) is 0 Å². The molecule has 0 saturated carbocycles. The third-order valence-corrected chi connectivity index (χ3v) is 4.63. The summed E-state index contributed by atoms with van der Waals surface area (Å²) in [6.07, 6.45) is 4.92. The minimum Gasteiger partial charge on any atom is -0.354 e. The van der Waals surface area contributed by atoms with Crippen LogP contribution in [0.1, 0.15) is 43.1 Å². The second-order valence-corrected chi connectivity index (χ2v) is 5.91. The van der Waals surface area contributed by atoms with Gasteiger partial charge in [0.25, 0.3) is 5.91 Å². The average Bonchev–Trinajstić information content (AvgIpc) is 2.86. The van der Waals surface area contributed by atoms with Crippen LogP contribution in [0.15, 0.2) is 12.1 Å². The lowest BCUT2D eigenvalue weighted by Gasteiger charge is -2.37. The van der Waals surface area contributed by atoms with Crippen molar-refractivity contribution in [2.24, 2.45) is 0 Å². The van der Waals surface area contributed by atoms with E-state index >= 15 is 0 Å². The van der Waals surface area contributed by atoms with Gasteiger partial charge < -0.3 is 15.5 Å². The number of anilines is 1. The van der Waals surface area contributed by atoms with Gasteiger partial charge >= 0.3 is 0 Å². The number of piperidine rings is 1. The first-order chi connectivity index (χ1) is 10.2. The molecule has 2 fully saturated rings. The molecule has 2 N–H and O–H groups in total. The molecule has 1 aromatic rings. The van der Waals surface area contributed by atoms with E-state index in [1.54, 1.807) is 13.1 Å². The number of fused-ring (bicyclic) bond motifs is 2. The van der Waals surface area contributed by atoms with E-state index in [0.29, 0.717) is 23.8 Å². The Morgan fingerprint density at radius 1 is 1.33 bits per heavy atom. The molecule has 3 heterocycles. The van der Waals surface area contributed by atoms with Crippen LogP contribution in [0.2, 0.25) is 0 Å². The number of hydrogen-bond acceptors (Lipinski definition) is 5. The summed E-state index contributed by atoms with van der Waals surface area (Å²) in [7, 11) is 1.60. The lowest BCUT2D eigenvalue weighted by molar-refractivity contribution is 0.0957. The number of aromatic nitrogens is 2. The van der Waals surface area contributed by atoms with Crippen LogP contribution in [-0.2, 0) is 0 Å². The Morgan fingerprint density at radius 3 is 2.57 bits per heavy atom. The highest BCUT2D eigenvalue weighted by Crippen LogP contribution is 2.31. The van der Waals surface area contributed by atoms with E-state index in [0.717, 1.165) is 12.4 Å². The summed E-state index contributed by atoms with van der Waals surface area (Å²) in [5.74, 6) is 0.675. The van der Waals surface area contributed by atoms with Gasteiger partial charge in [0, 0.05) is 31.7 Å². The molecule has 0 aliphatic carbocycles. The van der Waals surface area contributed by atoms with Crippen molar-refractivity contribution in [2.75, 3.05) is 18.5 Å². The summed E-state index contributed by atoms with van der Waals surface area (Å²) < 4.78 is 0. The number of amides is 1. The molecule has 21 heavy (non-hydrogen) atoms. The number of nitrogens with zero attached hydrogens (tertiary/aromatic N) is 3. The van der Waals surface area contributed by atoms with Crippen molar-refractivity contribution in [3.8, 4) is 0 Å².